The Balaban J connectivity index is 1.64. The number of aliphatic hydroxyl groups excluding tert-OH is 1. The molecule has 23 heavy (non-hydrogen) atoms. The summed E-state index contributed by atoms with van der Waals surface area (Å²) >= 11 is 1.57. The number of H-pyrrole nitrogens is 1. The van der Waals surface area contributed by atoms with Crippen LogP contribution in [0.25, 0.3) is 11.4 Å². The van der Waals surface area contributed by atoms with Crippen LogP contribution >= 0.6 is 11.8 Å². The van der Waals surface area contributed by atoms with Crippen LogP contribution in [0.15, 0.2) is 53.7 Å². The standard InChI is InChI=1S/C17H17N3O2S/c1-22-15-8-6-14(7-9-15)16-18-17(20-19-16)23-11-13-4-2-12(10-21)3-5-13/h2-9,21H,10-11H2,1H3,(H,18,19,20). The molecule has 0 unspecified atom stereocenters. The van der Waals surface area contributed by atoms with Crippen LogP contribution in [0.2, 0.25) is 0 Å². The van der Waals surface area contributed by atoms with Gasteiger partial charge in [0.1, 0.15) is 5.75 Å². The molecule has 0 bridgehead atoms. The largest absolute Gasteiger partial charge is 0.497 e. The minimum Gasteiger partial charge on any atom is -0.497 e. The Morgan fingerprint density at radius 1 is 1.04 bits per heavy atom. The molecule has 0 aliphatic heterocycles. The van der Waals surface area contributed by atoms with Crippen LogP contribution in [0.1, 0.15) is 11.1 Å². The average molecular weight is 327 g/mol. The predicted molar refractivity (Wildman–Crippen MR) is 90.3 cm³/mol. The zero-order valence-corrected chi connectivity index (χ0v) is 13.5. The molecule has 0 fully saturated rings. The van der Waals surface area contributed by atoms with E-state index in [-0.39, 0.29) is 6.61 Å². The van der Waals surface area contributed by atoms with Gasteiger partial charge in [-0.1, -0.05) is 36.0 Å². The number of ether oxygens (including phenoxy) is 1. The van der Waals surface area contributed by atoms with E-state index in [1.165, 1.54) is 5.56 Å². The van der Waals surface area contributed by atoms with E-state index in [2.05, 4.69) is 15.2 Å². The van der Waals surface area contributed by atoms with Gasteiger partial charge in [-0.3, -0.25) is 5.10 Å². The van der Waals surface area contributed by atoms with E-state index < -0.39 is 0 Å². The molecule has 0 aliphatic carbocycles. The summed E-state index contributed by atoms with van der Waals surface area (Å²) in [6, 6.07) is 15.6. The van der Waals surface area contributed by atoms with Crippen molar-refractivity contribution in [3.8, 4) is 17.1 Å². The van der Waals surface area contributed by atoms with Crippen molar-refractivity contribution >= 4 is 11.8 Å². The molecule has 3 rings (SSSR count). The number of aliphatic hydroxyl groups is 1. The van der Waals surface area contributed by atoms with Gasteiger partial charge in [-0.15, -0.1) is 5.10 Å². The van der Waals surface area contributed by atoms with Gasteiger partial charge in [0.05, 0.1) is 13.7 Å². The Morgan fingerprint density at radius 3 is 2.39 bits per heavy atom. The molecule has 1 heterocycles. The second-order valence-corrected chi connectivity index (χ2v) is 5.90. The van der Waals surface area contributed by atoms with Crippen molar-refractivity contribution in [2.45, 2.75) is 17.5 Å². The summed E-state index contributed by atoms with van der Waals surface area (Å²) in [6.07, 6.45) is 0. The van der Waals surface area contributed by atoms with E-state index >= 15 is 0 Å². The summed E-state index contributed by atoms with van der Waals surface area (Å²) in [5.41, 5.74) is 3.05. The fraction of sp³-hybridized carbons (Fsp3) is 0.176. The summed E-state index contributed by atoms with van der Waals surface area (Å²) < 4.78 is 5.15. The summed E-state index contributed by atoms with van der Waals surface area (Å²) in [4.78, 5) is 4.50. The molecule has 2 aromatic carbocycles. The lowest BCUT2D eigenvalue weighted by Gasteiger charge is -2.00. The third kappa shape index (κ3) is 3.91. The molecular formula is C17H17N3O2S. The molecule has 2 N–H and O–H groups in total. The van der Waals surface area contributed by atoms with E-state index in [1.807, 2.05) is 48.5 Å². The Bertz CT molecular complexity index is 754. The van der Waals surface area contributed by atoms with Crippen molar-refractivity contribution in [2.75, 3.05) is 7.11 Å². The fourth-order valence-corrected chi connectivity index (χ4v) is 2.83. The molecule has 6 heteroatoms. The lowest BCUT2D eigenvalue weighted by atomic mass is 10.2. The van der Waals surface area contributed by atoms with Crippen molar-refractivity contribution in [1.29, 1.82) is 0 Å². The second-order valence-electron chi connectivity index (χ2n) is 4.96. The van der Waals surface area contributed by atoms with Gasteiger partial charge in [0.2, 0.25) is 5.16 Å². The van der Waals surface area contributed by atoms with E-state index in [4.69, 9.17) is 9.84 Å². The van der Waals surface area contributed by atoms with Crippen molar-refractivity contribution in [1.82, 2.24) is 15.2 Å². The number of benzene rings is 2. The van der Waals surface area contributed by atoms with Crippen molar-refractivity contribution in [2.24, 2.45) is 0 Å². The van der Waals surface area contributed by atoms with Crippen LogP contribution < -0.4 is 4.74 Å². The Kier molecular flexibility index (Phi) is 4.95. The third-order valence-corrected chi connectivity index (χ3v) is 4.32. The number of methoxy groups -OCH3 is 1. The Hall–Kier alpha value is -2.31. The minimum absolute atomic E-state index is 0.0690. The van der Waals surface area contributed by atoms with Gasteiger partial charge in [-0.25, -0.2) is 4.98 Å². The highest BCUT2D eigenvalue weighted by Gasteiger charge is 2.07. The van der Waals surface area contributed by atoms with Crippen molar-refractivity contribution < 1.29 is 9.84 Å². The van der Waals surface area contributed by atoms with E-state index in [9.17, 15) is 0 Å². The third-order valence-electron chi connectivity index (χ3n) is 3.40. The number of nitrogens with zero attached hydrogens (tertiary/aromatic N) is 2. The molecular weight excluding hydrogens is 310 g/mol. The number of aromatic amines is 1. The normalized spacial score (nSPS) is 10.7. The van der Waals surface area contributed by atoms with E-state index in [0.29, 0.717) is 5.16 Å². The van der Waals surface area contributed by atoms with Gasteiger partial charge in [0.15, 0.2) is 5.82 Å². The maximum Gasteiger partial charge on any atom is 0.209 e. The molecule has 0 amide bonds. The predicted octanol–water partition coefficient (Wildman–Crippen LogP) is 3.26. The van der Waals surface area contributed by atoms with Gasteiger partial charge < -0.3 is 9.84 Å². The number of aromatic nitrogens is 3. The summed E-state index contributed by atoms with van der Waals surface area (Å²) in [7, 11) is 1.64. The van der Waals surface area contributed by atoms with Crippen molar-refractivity contribution in [3.05, 3.63) is 59.7 Å². The first kappa shape index (κ1) is 15.6. The summed E-state index contributed by atoms with van der Waals surface area (Å²) in [6.45, 7) is 0.0690. The van der Waals surface area contributed by atoms with E-state index in [1.54, 1.807) is 18.9 Å². The van der Waals surface area contributed by atoms with Crippen LogP contribution in [0, 0.1) is 0 Å². The fourth-order valence-electron chi connectivity index (χ4n) is 2.08. The average Bonchev–Trinajstić information content (AvgIpc) is 3.09. The number of thioether (sulfide) groups is 1. The number of hydrogen-bond acceptors (Lipinski definition) is 5. The SMILES string of the molecule is COc1ccc(-c2nc(SCc3ccc(CO)cc3)n[nH]2)cc1. The van der Waals surface area contributed by atoms with Gasteiger partial charge in [0.25, 0.3) is 0 Å². The lowest BCUT2D eigenvalue weighted by Crippen LogP contribution is -1.86. The molecule has 0 saturated carbocycles. The zero-order chi connectivity index (χ0) is 16.1. The Morgan fingerprint density at radius 2 is 1.74 bits per heavy atom. The van der Waals surface area contributed by atoms with Crippen LogP contribution in [0.3, 0.4) is 0 Å². The molecule has 5 nitrogen and oxygen atoms in total. The highest BCUT2D eigenvalue weighted by atomic mass is 32.2. The monoisotopic (exact) mass is 327 g/mol. The number of nitrogens with one attached hydrogen (secondary N) is 1. The van der Waals surface area contributed by atoms with Gasteiger partial charge >= 0.3 is 0 Å². The highest BCUT2D eigenvalue weighted by molar-refractivity contribution is 7.98. The number of hydrogen-bond donors (Lipinski definition) is 2. The van der Waals surface area contributed by atoms with Crippen molar-refractivity contribution in [3.63, 3.8) is 0 Å². The molecule has 3 aromatic rings. The maximum absolute atomic E-state index is 9.04. The minimum atomic E-state index is 0.0690. The molecule has 118 valence electrons. The highest BCUT2D eigenvalue weighted by Crippen LogP contribution is 2.23. The van der Waals surface area contributed by atoms with Crippen LogP contribution in [-0.4, -0.2) is 27.4 Å². The molecule has 1 aromatic heterocycles. The van der Waals surface area contributed by atoms with Gasteiger partial charge in [-0.05, 0) is 35.4 Å². The summed E-state index contributed by atoms with van der Waals surface area (Å²) in [5, 5.41) is 17.0. The van der Waals surface area contributed by atoms with Crippen LogP contribution in [-0.2, 0) is 12.4 Å². The van der Waals surface area contributed by atoms with E-state index in [0.717, 1.165) is 28.5 Å². The van der Waals surface area contributed by atoms with Crippen LogP contribution in [0.5, 0.6) is 5.75 Å². The van der Waals surface area contributed by atoms with Gasteiger partial charge in [-0.2, -0.15) is 0 Å². The molecule has 0 atom stereocenters. The first-order valence-electron chi connectivity index (χ1n) is 7.17. The lowest BCUT2D eigenvalue weighted by molar-refractivity contribution is 0.282. The topological polar surface area (TPSA) is 71.0 Å². The summed E-state index contributed by atoms with van der Waals surface area (Å²) in [5.74, 6) is 2.34. The molecule has 0 spiro atoms. The Labute approximate surface area is 138 Å². The maximum atomic E-state index is 9.04. The smallest absolute Gasteiger partial charge is 0.209 e. The second kappa shape index (κ2) is 7.30. The van der Waals surface area contributed by atoms with Crippen LogP contribution in [0.4, 0.5) is 0 Å². The molecule has 0 radical (unpaired) electrons. The van der Waals surface area contributed by atoms with Gasteiger partial charge in [0, 0.05) is 11.3 Å². The first-order chi connectivity index (χ1) is 11.3. The molecule has 0 aliphatic rings. The molecule has 0 saturated heterocycles. The zero-order valence-electron chi connectivity index (χ0n) is 12.7. The quantitative estimate of drug-likeness (QED) is 0.680. The first-order valence-corrected chi connectivity index (χ1v) is 8.15. The number of rotatable bonds is 6.